The van der Waals surface area contributed by atoms with Crippen molar-refractivity contribution in [2.45, 2.75) is 38.6 Å². The van der Waals surface area contributed by atoms with Crippen LogP contribution in [0.25, 0.3) is 0 Å². The molecule has 1 unspecified atom stereocenters. The van der Waals surface area contributed by atoms with Crippen molar-refractivity contribution in [3.05, 3.63) is 0 Å². The molecule has 3 N–H and O–H groups in total. The average Bonchev–Trinajstić information content (AvgIpc) is 2.76. The number of sulfone groups is 1. The second-order valence-electron chi connectivity index (χ2n) is 6.47. The van der Waals surface area contributed by atoms with Crippen LogP contribution < -0.4 is 15.4 Å². The van der Waals surface area contributed by atoms with E-state index in [1.165, 1.54) is 6.42 Å². The van der Waals surface area contributed by atoms with Crippen LogP contribution in [-0.4, -0.2) is 65.7 Å². The van der Waals surface area contributed by atoms with Crippen molar-refractivity contribution in [1.82, 2.24) is 15.4 Å². The monoisotopic (exact) mass is 508 g/mol. The number of rotatable bonds is 8. The number of sulfonamides is 1. The summed E-state index contributed by atoms with van der Waals surface area (Å²) in [6.07, 6.45) is 3.93. The molecule has 0 aromatic carbocycles. The average molecular weight is 508 g/mol. The molecule has 0 aromatic heterocycles. The van der Waals surface area contributed by atoms with Gasteiger partial charge in [-0.15, -0.1) is 24.0 Å². The zero-order valence-corrected chi connectivity index (χ0v) is 18.5. The van der Waals surface area contributed by atoms with Gasteiger partial charge in [-0.3, -0.25) is 4.99 Å². The van der Waals surface area contributed by atoms with Crippen LogP contribution in [0.4, 0.5) is 0 Å². The minimum absolute atomic E-state index is 0. The zero-order valence-electron chi connectivity index (χ0n) is 14.5. The molecular formula is C14H29IN4O4S2. The molecule has 0 spiro atoms. The van der Waals surface area contributed by atoms with Gasteiger partial charge in [0.05, 0.1) is 23.8 Å². The molecular weight excluding hydrogens is 479 g/mol. The van der Waals surface area contributed by atoms with Crippen molar-refractivity contribution in [2.75, 3.05) is 36.9 Å². The van der Waals surface area contributed by atoms with Crippen molar-refractivity contribution in [3.8, 4) is 0 Å². The first-order valence-electron chi connectivity index (χ1n) is 8.52. The molecule has 1 atom stereocenters. The summed E-state index contributed by atoms with van der Waals surface area (Å²) in [6, 6.07) is -0.166. The second-order valence-corrected chi connectivity index (χ2v) is 10.6. The lowest BCUT2D eigenvalue weighted by atomic mass is 9.86. The highest BCUT2D eigenvalue weighted by Crippen LogP contribution is 2.25. The van der Waals surface area contributed by atoms with Gasteiger partial charge in [-0.1, -0.05) is 6.42 Å². The Morgan fingerprint density at radius 1 is 1.24 bits per heavy atom. The summed E-state index contributed by atoms with van der Waals surface area (Å²) >= 11 is 0. The van der Waals surface area contributed by atoms with Crippen LogP contribution in [0.1, 0.15) is 32.6 Å². The highest BCUT2D eigenvalue weighted by molar-refractivity contribution is 14.0. The highest BCUT2D eigenvalue weighted by Gasteiger charge is 2.28. The summed E-state index contributed by atoms with van der Waals surface area (Å²) in [6.45, 7) is 3.18. The molecule has 2 aliphatic rings. The lowest BCUT2D eigenvalue weighted by molar-refractivity contribution is 0.316. The minimum Gasteiger partial charge on any atom is -0.357 e. The molecule has 1 saturated carbocycles. The largest absolute Gasteiger partial charge is 0.357 e. The normalized spacial score (nSPS) is 23.6. The first kappa shape index (κ1) is 22.9. The van der Waals surface area contributed by atoms with Gasteiger partial charge in [0.1, 0.15) is 0 Å². The number of hydrogen-bond acceptors (Lipinski definition) is 5. The van der Waals surface area contributed by atoms with E-state index in [-0.39, 0.29) is 53.8 Å². The fourth-order valence-electron chi connectivity index (χ4n) is 2.71. The van der Waals surface area contributed by atoms with Crippen LogP contribution in [0.2, 0.25) is 0 Å². The van der Waals surface area contributed by atoms with Gasteiger partial charge in [0.25, 0.3) is 0 Å². The molecule has 148 valence electrons. The van der Waals surface area contributed by atoms with Crippen LogP contribution in [0.3, 0.4) is 0 Å². The molecule has 11 heteroatoms. The fourth-order valence-corrected chi connectivity index (χ4v) is 5.35. The molecule has 1 heterocycles. The predicted molar refractivity (Wildman–Crippen MR) is 111 cm³/mol. The number of nitrogens with zero attached hydrogens (tertiary/aromatic N) is 1. The van der Waals surface area contributed by atoms with Crippen LogP contribution >= 0.6 is 24.0 Å². The van der Waals surface area contributed by atoms with Gasteiger partial charge in [0.2, 0.25) is 10.0 Å². The molecule has 1 saturated heterocycles. The molecule has 8 nitrogen and oxygen atoms in total. The summed E-state index contributed by atoms with van der Waals surface area (Å²) in [7, 11) is -6.28. The zero-order chi connectivity index (χ0) is 17.6. The molecule has 1 aliphatic carbocycles. The van der Waals surface area contributed by atoms with Crippen molar-refractivity contribution < 1.29 is 16.8 Å². The molecule has 2 rings (SSSR count). The molecule has 0 amide bonds. The van der Waals surface area contributed by atoms with Crippen LogP contribution in [0.15, 0.2) is 4.99 Å². The smallest absolute Gasteiger partial charge is 0.213 e. The first-order valence-corrected chi connectivity index (χ1v) is 12.0. The van der Waals surface area contributed by atoms with Gasteiger partial charge >= 0.3 is 0 Å². The summed E-state index contributed by atoms with van der Waals surface area (Å²) in [4.78, 5) is 4.25. The van der Waals surface area contributed by atoms with Crippen LogP contribution in [0.5, 0.6) is 0 Å². The van der Waals surface area contributed by atoms with Crippen LogP contribution in [0, 0.1) is 5.92 Å². The first-order chi connectivity index (χ1) is 11.3. The van der Waals surface area contributed by atoms with E-state index in [0.29, 0.717) is 31.4 Å². The third-order valence-corrected chi connectivity index (χ3v) is 7.46. The Bertz CT molecular complexity index is 648. The van der Waals surface area contributed by atoms with E-state index in [0.717, 1.165) is 12.8 Å². The summed E-state index contributed by atoms with van der Waals surface area (Å²) in [5.74, 6) is 1.15. The lowest BCUT2D eigenvalue weighted by Gasteiger charge is -2.25. The van der Waals surface area contributed by atoms with Crippen molar-refractivity contribution in [3.63, 3.8) is 0 Å². The maximum atomic E-state index is 11.9. The SMILES string of the molecule is CCNC(=NCCS(=O)(=O)NCC1CCC1)NC1CCS(=O)(=O)C1.I. The van der Waals surface area contributed by atoms with Gasteiger partial charge in [-0.05, 0) is 32.1 Å². The summed E-state index contributed by atoms with van der Waals surface area (Å²) in [5, 5.41) is 6.09. The number of nitrogens with one attached hydrogen (secondary N) is 3. The Balaban J connectivity index is 0.00000312. The van der Waals surface area contributed by atoms with Gasteiger partial charge in [0.15, 0.2) is 15.8 Å². The number of hydrogen-bond donors (Lipinski definition) is 3. The second kappa shape index (κ2) is 10.3. The van der Waals surface area contributed by atoms with Crippen molar-refractivity contribution >= 4 is 49.8 Å². The summed E-state index contributed by atoms with van der Waals surface area (Å²) in [5.41, 5.74) is 0. The lowest BCUT2D eigenvalue weighted by Crippen LogP contribution is -2.44. The minimum atomic E-state index is -3.32. The molecule has 25 heavy (non-hydrogen) atoms. The Morgan fingerprint density at radius 2 is 1.96 bits per heavy atom. The Labute approximate surface area is 168 Å². The molecule has 1 aliphatic heterocycles. The van der Waals surface area contributed by atoms with E-state index in [9.17, 15) is 16.8 Å². The van der Waals surface area contributed by atoms with E-state index in [1.807, 2.05) is 6.92 Å². The fraction of sp³-hybridized carbons (Fsp3) is 0.929. The van der Waals surface area contributed by atoms with Crippen molar-refractivity contribution in [1.29, 1.82) is 0 Å². The quantitative estimate of drug-likeness (QED) is 0.243. The van der Waals surface area contributed by atoms with Gasteiger partial charge in [0, 0.05) is 19.1 Å². The number of aliphatic imine (C=N–C) groups is 1. The van der Waals surface area contributed by atoms with Crippen LogP contribution in [-0.2, 0) is 19.9 Å². The molecule has 0 bridgehead atoms. The Hall–Kier alpha value is -0.140. The molecule has 0 aromatic rings. The van der Waals surface area contributed by atoms with Crippen molar-refractivity contribution in [2.24, 2.45) is 10.9 Å². The molecule has 2 fully saturated rings. The van der Waals surface area contributed by atoms with E-state index < -0.39 is 19.9 Å². The number of halogens is 1. The standard InChI is InChI=1S/C14H28N4O4S2.HI/c1-2-15-14(18-13-6-8-23(19,20)11-13)16-7-9-24(21,22)17-10-12-4-3-5-12;/h12-13,17H,2-11H2,1H3,(H2,15,16,18);1H. The van der Waals surface area contributed by atoms with Gasteiger partial charge in [-0.25, -0.2) is 21.6 Å². The number of guanidine groups is 1. The van der Waals surface area contributed by atoms with Gasteiger partial charge < -0.3 is 10.6 Å². The highest BCUT2D eigenvalue weighted by atomic mass is 127. The topological polar surface area (TPSA) is 117 Å². The maximum absolute atomic E-state index is 11.9. The Kier molecular flexibility index (Phi) is 9.40. The Morgan fingerprint density at radius 3 is 2.48 bits per heavy atom. The third-order valence-electron chi connectivity index (χ3n) is 4.36. The third kappa shape index (κ3) is 8.39. The maximum Gasteiger partial charge on any atom is 0.213 e. The summed E-state index contributed by atoms with van der Waals surface area (Å²) < 4.78 is 49.5. The van der Waals surface area contributed by atoms with Gasteiger partial charge in [-0.2, -0.15) is 0 Å². The predicted octanol–water partition coefficient (Wildman–Crippen LogP) is 0.0661. The van der Waals surface area contributed by atoms with E-state index in [2.05, 4.69) is 20.3 Å². The van der Waals surface area contributed by atoms with E-state index >= 15 is 0 Å². The van der Waals surface area contributed by atoms with E-state index in [1.54, 1.807) is 0 Å². The molecule has 0 radical (unpaired) electrons. The van der Waals surface area contributed by atoms with E-state index in [4.69, 9.17) is 0 Å².